The lowest BCUT2D eigenvalue weighted by molar-refractivity contribution is -0.127. The molecule has 0 aliphatic heterocycles. The Morgan fingerprint density at radius 3 is 2.72 bits per heavy atom. The molecule has 0 aromatic carbocycles. The number of pyridine rings is 1. The number of nitrogens with one attached hydrogen (secondary N) is 1. The van der Waals surface area contributed by atoms with Gasteiger partial charge in [-0.25, -0.2) is 4.79 Å². The summed E-state index contributed by atoms with van der Waals surface area (Å²) < 4.78 is 0. The predicted molar refractivity (Wildman–Crippen MR) is 67.7 cm³/mol. The van der Waals surface area contributed by atoms with Gasteiger partial charge >= 0.3 is 5.97 Å². The maximum atomic E-state index is 11.6. The molecule has 2 N–H and O–H groups in total. The van der Waals surface area contributed by atoms with Crippen LogP contribution in [-0.2, 0) is 4.79 Å². The first kappa shape index (κ1) is 14.0. The van der Waals surface area contributed by atoms with Crippen LogP contribution in [0.3, 0.4) is 0 Å². The second-order valence-corrected chi connectivity index (χ2v) is 3.94. The molecule has 0 saturated carbocycles. The maximum absolute atomic E-state index is 11.6. The number of carbonyl (C=O) groups excluding carboxylic acids is 1. The van der Waals surface area contributed by atoms with Gasteiger partial charge in [0.05, 0.1) is 12.2 Å². The molecule has 1 heterocycles. The van der Waals surface area contributed by atoms with E-state index in [1.165, 1.54) is 6.20 Å². The molecule has 0 saturated heterocycles. The molecule has 1 aromatic rings. The number of carboxylic acids is 1. The van der Waals surface area contributed by atoms with Crippen molar-refractivity contribution >= 4 is 17.6 Å². The highest BCUT2D eigenvalue weighted by atomic mass is 16.4. The summed E-state index contributed by atoms with van der Waals surface area (Å²) in [5.41, 5.74) is 1.17. The van der Waals surface area contributed by atoms with Crippen LogP contribution in [-0.4, -0.2) is 47.0 Å². The molecule has 1 aromatic heterocycles. The molecule has 0 spiro atoms. The zero-order valence-corrected chi connectivity index (χ0v) is 10.7. The summed E-state index contributed by atoms with van der Waals surface area (Å²) in [4.78, 5) is 28.1. The van der Waals surface area contributed by atoms with Gasteiger partial charge in [-0.05, 0) is 19.9 Å². The van der Waals surface area contributed by atoms with Crippen molar-refractivity contribution in [1.82, 2.24) is 9.88 Å². The lowest BCUT2D eigenvalue weighted by Crippen LogP contribution is -2.32. The summed E-state index contributed by atoms with van der Waals surface area (Å²) in [6.45, 7) is 4.31. The molecule has 0 radical (unpaired) electrons. The third-order valence-electron chi connectivity index (χ3n) is 2.60. The summed E-state index contributed by atoms with van der Waals surface area (Å²) in [5.74, 6) is -1.16. The van der Waals surface area contributed by atoms with Crippen molar-refractivity contribution in [3.8, 4) is 0 Å². The second kappa shape index (κ2) is 6.00. The van der Waals surface area contributed by atoms with Gasteiger partial charge in [0.2, 0.25) is 5.91 Å². The van der Waals surface area contributed by atoms with Gasteiger partial charge in [0.15, 0.2) is 0 Å². The second-order valence-electron chi connectivity index (χ2n) is 3.94. The van der Waals surface area contributed by atoms with Gasteiger partial charge in [0.1, 0.15) is 5.56 Å². The third-order valence-corrected chi connectivity index (χ3v) is 2.60. The summed E-state index contributed by atoms with van der Waals surface area (Å²) in [7, 11) is 1.69. The van der Waals surface area contributed by atoms with E-state index in [9.17, 15) is 9.59 Å². The molecule has 98 valence electrons. The number of hydrogen-bond donors (Lipinski definition) is 2. The zero-order chi connectivity index (χ0) is 13.7. The number of carboxylic acid groups (broad SMARTS) is 1. The number of amides is 1. The monoisotopic (exact) mass is 251 g/mol. The van der Waals surface area contributed by atoms with Crippen LogP contribution in [0.1, 0.15) is 23.0 Å². The van der Waals surface area contributed by atoms with E-state index in [1.54, 1.807) is 24.9 Å². The van der Waals surface area contributed by atoms with Crippen molar-refractivity contribution in [3.63, 3.8) is 0 Å². The minimum absolute atomic E-state index is 0.0625. The van der Waals surface area contributed by atoms with Gasteiger partial charge in [-0.15, -0.1) is 0 Å². The average molecular weight is 251 g/mol. The highest BCUT2D eigenvalue weighted by Gasteiger charge is 2.12. The van der Waals surface area contributed by atoms with Crippen molar-refractivity contribution in [1.29, 1.82) is 0 Å². The quantitative estimate of drug-likeness (QED) is 0.815. The third kappa shape index (κ3) is 3.44. The standard InChI is InChI=1S/C12H17N3O3/c1-4-15(3)11(16)7-14-10-5-8(2)13-6-9(10)12(17)18/h5-6H,4,7H2,1-3H3,(H,13,14)(H,17,18). The molecule has 0 atom stereocenters. The summed E-state index contributed by atoms with van der Waals surface area (Å²) in [6, 6.07) is 1.61. The Balaban J connectivity index is 2.81. The van der Waals surface area contributed by atoms with Crippen LogP contribution in [0, 0.1) is 6.92 Å². The Labute approximate surface area is 106 Å². The Kier molecular flexibility index (Phi) is 4.65. The molecular weight excluding hydrogens is 234 g/mol. The maximum Gasteiger partial charge on any atom is 0.339 e. The number of rotatable bonds is 5. The lowest BCUT2D eigenvalue weighted by Gasteiger charge is -2.16. The van der Waals surface area contributed by atoms with Crippen molar-refractivity contribution in [3.05, 3.63) is 23.5 Å². The van der Waals surface area contributed by atoms with E-state index in [0.29, 0.717) is 17.9 Å². The van der Waals surface area contributed by atoms with Crippen LogP contribution >= 0.6 is 0 Å². The Bertz CT molecular complexity index is 460. The topological polar surface area (TPSA) is 82.5 Å². The average Bonchev–Trinajstić information content (AvgIpc) is 2.34. The summed E-state index contributed by atoms with van der Waals surface area (Å²) in [6.07, 6.45) is 1.29. The number of hydrogen-bond acceptors (Lipinski definition) is 4. The molecular formula is C12H17N3O3. The van der Waals surface area contributed by atoms with E-state index in [0.717, 1.165) is 0 Å². The number of aromatic nitrogens is 1. The number of anilines is 1. The van der Waals surface area contributed by atoms with E-state index in [1.807, 2.05) is 6.92 Å². The largest absolute Gasteiger partial charge is 0.478 e. The van der Waals surface area contributed by atoms with Gasteiger partial charge in [0, 0.05) is 25.5 Å². The molecule has 6 heteroatoms. The number of carbonyl (C=O) groups is 2. The van der Waals surface area contributed by atoms with E-state index in [4.69, 9.17) is 5.11 Å². The van der Waals surface area contributed by atoms with Crippen LogP contribution in [0.15, 0.2) is 12.3 Å². The molecule has 0 bridgehead atoms. The molecule has 0 unspecified atom stereocenters. The van der Waals surface area contributed by atoms with Crippen molar-refractivity contribution < 1.29 is 14.7 Å². The van der Waals surface area contributed by atoms with Gasteiger partial charge < -0.3 is 15.3 Å². The fourth-order valence-corrected chi connectivity index (χ4v) is 1.36. The van der Waals surface area contributed by atoms with E-state index in [-0.39, 0.29) is 18.0 Å². The molecule has 0 aliphatic carbocycles. The highest BCUT2D eigenvalue weighted by molar-refractivity contribution is 5.94. The van der Waals surface area contributed by atoms with Crippen LogP contribution in [0.25, 0.3) is 0 Å². The van der Waals surface area contributed by atoms with Crippen molar-refractivity contribution in [2.24, 2.45) is 0 Å². The highest BCUT2D eigenvalue weighted by Crippen LogP contribution is 2.15. The minimum Gasteiger partial charge on any atom is -0.478 e. The fourth-order valence-electron chi connectivity index (χ4n) is 1.36. The molecule has 0 aliphatic rings. The van der Waals surface area contributed by atoms with Gasteiger partial charge in [-0.3, -0.25) is 9.78 Å². The lowest BCUT2D eigenvalue weighted by atomic mass is 10.2. The van der Waals surface area contributed by atoms with E-state index in [2.05, 4.69) is 10.3 Å². The van der Waals surface area contributed by atoms with Crippen LogP contribution in [0.4, 0.5) is 5.69 Å². The SMILES string of the molecule is CCN(C)C(=O)CNc1cc(C)ncc1C(=O)O. The van der Waals surface area contributed by atoms with Crippen molar-refractivity contribution in [2.45, 2.75) is 13.8 Å². The Morgan fingerprint density at radius 1 is 1.50 bits per heavy atom. The van der Waals surface area contributed by atoms with Gasteiger partial charge in [-0.1, -0.05) is 0 Å². The first-order valence-electron chi connectivity index (χ1n) is 5.63. The van der Waals surface area contributed by atoms with Crippen molar-refractivity contribution in [2.75, 3.05) is 25.5 Å². The summed E-state index contributed by atoms with van der Waals surface area (Å²) in [5, 5.41) is 11.8. The van der Waals surface area contributed by atoms with Crippen LogP contribution < -0.4 is 5.32 Å². The van der Waals surface area contributed by atoms with Crippen LogP contribution in [0.5, 0.6) is 0 Å². The van der Waals surface area contributed by atoms with Crippen LogP contribution in [0.2, 0.25) is 0 Å². The normalized spacial score (nSPS) is 9.94. The molecule has 6 nitrogen and oxygen atoms in total. The molecule has 1 rings (SSSR count). The Hall–Kier alpha value is -2.11. The van der Waals surface area contributed by atoms with Gasteiger partial charge in [-0.2, -0.15) is 0 Å². The van der Waals surface area contributed by atoms with E-state index >= 15 is 0 Å². The predicted octanol–water partition coefficient (Wildman–Crippen LogP) is 0.978. The number of likely N-dealkylation sites (N-methyl/N-ethyl adjacent to an activating group) is 1. The van der Waals surface area contributed by atoms with E-state index < -0.39 is 5.97 Å². The smallest absolute Gasteiger partial charge is 0.339 e. The molecule has 1 amide bonds. The zero-order valence-electron chi connectivity index (χ0n) is 10.7. The molecule has 0 fully saturated rings. The minimum atomic E-state index is -1.07. The summed E-state index contributed by atoms with van der Waals surface area (Å²) >= 11 is 0. The molecule has 18 heavy (non-hydrogen) atoms. The number of nitrogens with zero attached hydrogens (tertiary/aromatic N) is 2. The first-order chi connectivity index (χ1) is 8.45. The van der Waals surface area contributed by atoms with Gasteiger partial charge in [0.25, 0.3) is 0 Å². The number of aryl methyl sites for hydroxylation is 1. The first-order valence-corrected chi connectivity index (χ1v) is 5.63. The fraction of sp³-hybridized carbons (Fsp3) is 0.417. The number of aromatic carboxylic acids is 1. The Morgan fingerprint density at radius 2 is 2.17 bits per heavy atom.